The molecule has 0 bridgehead atoms. The van der Waals surface area contributed by atoms with Crippen molar-refractivity contribution in [2.24, 2.45) is 0 Å². The van der Waals surface area contributed by atoms with E-state index in [1.165, 1.54) is 11.3 Å². The maximum Gasteiger partial charge on any atom is 0.168 e. The Morgan fingerprint density at radius 1 is 1.05 bits per heavy atom. The smallest absolute Gasteiger partial charge is 0.168 e. The highest BCUT2D eigenvalue weighted by molar-refractivity contribution is 7.83. The van der Waals surface area contributed by atoms with Gasteiger partial charge in [0.25, 0.3) is 0 Å². The maximum atomic E-state index is 6.64. The van der Waals surface area contributed by atoms with Crippen molar-refractivity contribution in [3.05, 3.63) is 66.2 Å². The number of hydrogen-bond donors (Lipinski definition) is 0. The molecule has 1 aliphatic heterocycles. The zero-order chi connectivity index (χ0) is 13.9. The van der Waals surface area contributed by atoms with Crippen molar-refractivity contribution in [1.29, 1.82) is 0 Å². The molecule has 2 nitrogen and oxygen atoms in total. The minimum absolute atomic E-state index is 0.473. The van der Waals surface area contributed by atoms with E-state index in [4.69, 9.17) is 11.2 Å². The molecule has 0 amide bonds. The van der Waals surface area contributed by atoms with Crippen LogP contribution >= 0.6 is 18.8 Å². The van der Waals surface area contributed by atoms with Gasteiger partial charge in [0.1, 0.15) is 0 Å². The lowest BCUT2D eigenvalue weighted by Gasteiger charge is -2.23. The first-order chi connectivity index (χ1) is 9.75. The molecule has 1 fully saturated rings. The van der Waals surface area contributed by atoms with Gasteiger partial charge in [-0.3, -0.25) is 4.67 Å². The first kappa shape index (κ1) is 13.9. The summed E-state index contributed by atoms with van der Waals surface area (Å²) in [6, 6.07) is 21.6. The lowest BCUT2D eigenvalue weighted by Crippen LogP contribution is -2.27. The molecule has 1 unspecified atom stereocenters. The number of nitrogens with zero attached hydrogens (tertiary/aromatic N) is 2. The Hall–Kier alpha value is -1.08. The molecule has 0 aliphatic carbocycles. The molecule has 4 heteroatoms. The Balaban J connectivity index is 1.75. The highest BCUT2D eigenvalue weighted by Gasteiger charge is 2.36. The van der Waals surface area contributed by atoms with Crippen molar-refractivity contribution in [3.8, 4) is 0 Å². The number of likely N-dealkylation sites (N-methyl/N-ethyl adjacent to an activating group) is 1. The number of para-hydroxylation sites is 1. The van der Waals surface area contributed by atoms with E-state index in [0.29, 0.717) is 6.04 Å². The third-order valence-electron chi connectivity index (χ3n) is 3.74. The van der Waals surface area contributed by atoms with Crippen LogP contribution in [0.1, 0.15) is 5.56 Å². The first-order valence-corrected chi connectivity index (χ1v) is 8.96. The Morgan fingerprint density at radius 3 is 2.30 bits per heavy atom. The number of benzene rings is 2. The summed E-state index contributed by atoms with van der Waals surface area (Å²) in [7, 11) is 1.37. The summed E-state index contributed by atoms with van der Waals surface area (Å²) in [5.74, 6) is 0. The summed E-state index contributed by atoms with van der Waals surface area (Å²) >= 11 is 6.64. The van der Waals surface area contributed by atoms with Crippen molar-refractivity contribution in [2.75, 3.05) is 18.3 Å². The van der Waals surface area contributed by atoms with Gasteiger partial charge in [0.05, 0.1) is 0 Å². The molecule has 3 rings (SSSR count). The van der Waals surface area contributed by atoms with Crippen LogP contribution in [0.5, 0.6) is 0 Å². The van der Waals surface area contributed by atoms with E-state index in [9.17, 15) is 0 Å². The number of halogens is 1. The Morgan fingerprint density at radius 2 is 1.65 bits per heavy atom. The quantitative estimate of drug-likeness (QED) is 0.770. The summed E-state index contributed by atoms with van der Waals surface area (Å²) in [4.78, 5) is 0. The molecule has 2 atom stereocenters. The van der Waals surface area contributed by atoms with E-state index >= 15 is 0 Å². The van der Waals surface area contributed by atoms with E-state index in [1.807, 2.05) is 6.07 Å². The van der Waals surface area contributed by atoms with Gasteiger partial charge in [0, 0.05) is 18.3 Å². The second-order valence-electron chi connectivity index (χ2n) is 5.08. The van der Waals surface area contributed by atoms with Crippen molar-refractivity contribution in [3.63, 3.8) is 0 Å². The average Bonchev–Trinajstić information content (AvgIpc) is 2.78. The largest absolute Gasteiger partial charge is 0.324 e. The molecule has 20 heavy (non-hydrogen) atoms. The molecule has 0 saturated carbocycles. The average molecular weight is 305 g/mol. The lowest BCUT2D eigenvalue weighted by atomic mass is 10.1. The summed E-state index contributed by atoms with van der Waals surface area (Å²) < 4.78 is 4.64. The molecular formula is C16H18ClN2P. The zero-order valence-electron chi connectivity index (χ0n) is 11.5. The van der Waals surface area contributed by atoms with Gasteiger partial charge in [-0.05, 0) is 31.2 Å². The molecule has 0 spiro atoms. The van der Waals surface area contributed by atoms with Gasteiger partial charge in [-0.15, -0.1) is 0 Å². The highest BCUT2D eigenvalue weighted by Crippen LogP contribution is 2.56. The van der Waals surface area contributed by atoms with E-state index in [0.717, 1.165) is 13.0 Å². The van der Waals surface area contributed by atoms with E-state index < -0.39 is 7.58 Å². The molecule has 0 aromatic heterocycles. The molecule has 2 aromatic carbocycles. The molecular weight excluding hydrogens is 287 g/mol. The second-order valence-corrected chi connectivity index (χ2v) is 7.58. The number of rotatable bonds is 3. The summed E-state index contributed by atoms with van der Waals surface area (Å²) in [6.45, 7) is 0.991. The van der Waals surface area contributed by atoms with Crippen LogP contribution in [0.25, 0.3) is 0 Å². The fraction of sp³-hybridized carbons (Fsp3) is 0.250. The molecule has 0 N–H and O–H groups in total. The van der Waals surface area contributed by atoms with Gasteiger partial charge in [-0.25, -0.2) is 0 Å². The standard InChI is InChI=1S/C16H18ClN2P/c1-18-16(12-14-8-4-2-5-9-14)13-19(20(18)17)15-10-6-3-7-11-15/h2-11,16H,12-13H2,1H3/t16-,20?/m0/s1. The predicted molar refractivity (Wildman–Crippen MR) is 88.3 cm³/mol. The van der Waals surface area contributed by atoms with Crippen molar-refractivity contribution < 1.29 is 0 Å². The molecule has 104 valence electrons. The Labute approximate surface area is 126 Å². The normalized spacial score (nSPS) is 23.2. The summed E-state index contributed by atoms with van der Waals surface area (Å²) in [5.41, 5.74) is 2.59. The molecule has 0 radical (unpaired) electrons. The van der Waals surface area contributed by atoms with Crippen LogP contribution < -0.4 is 4.67 Å². The topological polar surface area (TPSA) is 6.48 Å². The third kappa shape index (κ3) is 2.83. The molecule has 1 heterocycles. The lowest BCUT2D eigenvalue weighted by molar-refractivity contribution is 0.435. The predicted octanol–water partition coefficient (Wildman–Crippen LogP) is 4.52. The SMILES string of the molecule is CN1[C@@H](Cc2ccccc2)CN(c2ccccc2)P1Cl. The van der Waals surface area contributed by atoms with Gasteiger partial charge in [-0.1, -0.05) is 59.8 Å². The first-order valence-electron chi connectivity index (χ1n) is 6.81. The van der Waals surface area contributed by atoms with Crippen molar-refractivity contribution in [2.45, 2.75) is 12.5 Å². The zero-order valence-corrected chi connectivity index (χ0v) is 13.1. The fourth-order valence-corrected chi connectivity index (χ4v) is 4.80. The number of anilines is 1. The van der Waals surface area contributed by atoms with Crippen molar-refractivity contribution in [1.82, 2.24) is 4.67 Å². The number of hydrogen-bond acceptors (Lipinski definition) is 2. The van der Waals surface area contributed by atoms with E-state index in [-0.39, 0.29) is 0 Å². The van der Waals surface area contributed by atoms with Crippen LogP contribution in [-0.4, -0.2) is 24.3 Å². The van der Waals surface area contributed by atoms with Gasteiger partial charge < -0.3 is 4.67 Å². The third-order valence-corrected chi connectivity index (χ3v) is 6.64. The van der Waals surface area contributed by atoms with Gasteiger partial charge in [0.2, 0.25) is 0 Å². The molecule has 1 saturated heterocycles. The fourth-order valence-electron chi connectivity index (χ4n) is 2.57. The van der Waals surface area contributed by atoms with Gasteiger partial charge in [-0.2, -0.15) is 0 Å². The maximum absolute atomic E-state index is 6.64. The highest BCUT2D eigenvalue weighted by atomic mass is 35.7. The minimum atomic E-state index is -0.763. The van der Waals surface area contributed by atoms with Crippen LogP contribution in [0.4, 0.5) is 5.69 Å². The van der Waals surface area contributed by atoms with Crippen LogP contribution in [-0.2, 0) is 6.42 Å². The van der Waals surface area contributed by atoms with Gasteiger partial charge >= 0.3 is 0 Å². The Kier molecular flexibility index (Phi) is 4.26. The van der Waals surface area contributed by atoms with Crippen molar-refractivity contribution >= 4 is 24.5 Å². The monoisotopic (exact) mass is 304 g/mol. The van der Waals surface area contributed by atoms with E-state index in [1.54, 1.807) is 0 Å². The molecule has 2 aromatic rings. The van der Waals surface area contributed by atoms with Crippen LogP contribution in [0, 0.1) is 0 Å². The summed E-state index contributed by atoms with van der Waals surface area (Å²) in [6.07, 6.45) is 1.05. The van der Waals surface area contributed by atoms with E-state index in [2.05, 4.69) is 71.0 Å². The minimum Gasteiger partial charge on any atom is -0.324 e. The van der Waals surface area contributed by atoms with Crippen LogP contribution in [0.15, 0.2) is 60.7 Å². The van der Waals surface area contributed by atoms with Crippen LogP contribution in [0.2, 0.25) is 0 Å². The molecule has 1 aliphatic rings. The van der Waals surface area contributed by atoms with Crippen LogP contribution in [0.3, 0.4) is 0 Å². The Bertz CT molecular complexity index is 549. The second kappa shape index (κ2) is 6.13. The van der Waals surface area contributed by atoms with Gasteiger partial charge in [0.15, 0.2) is 7.58 Å². The summed E-state index contributed by atoms with van der Waals surface area (Å²) in [5, 5.41) is 0.